The average molecular weight is 618 g/mol. The summed E-state index contributed by atoms with van der Waals surface area (Å²) in [7, 11) is 0. The minimum Gasteiger partial charge on any atom is -0.449 e. The van der Waals surface area contributed by atoms with Crippen LogP contribution in [-0.2, 0) is 17.5 Å². The molecule has 0 atom stereocenters. The van der Waals surface area contributed by atoms with Crippen LogP contribution in [0.15, 0.2) is 59.2 Å². The maximum absolute atomic E-state index is 13.6. The van der Waals surface area contributed by atoms with E-state index in [0.29, 0.717) is 32.4 Å². The molecule has 2 N–H and O–H groups in total. The Morgan fingerprint density at radius 3 is 2.50 bits per heavy atom. The number of ether oxygens (including phenoxy) is 1. The summed E-state index contributed by atoms with van der Waals surface area (Å²) in [5.74, 6) is -0.869. The molecule has 0 aliphatic carbocycles. The molecule has 1 aromatic heterocycles. The molecule has 0 saturated carbocycles. The van der Waals surface area contributed by atoms with Gasteiger partial charge in [-0.15, -0.1) is 0 Å². The second-order valence-electron chi connectivity index (χ2n) is 9.09. The van der Waals surface area contributed by atoms with Crippen molar-refractivity contribution in [3.8, 4) is 11.9 Å². The van der Waals surface area contributed by atoms with Gasteiger partial charge < -0.3 is 20.1 Å². The third kappa shape index (κ3) is 5.55. The van der Waals surface area contributed by atoms with Crippen molar-refractivity contribution < 1.29 is 37.4 Å². The minimum absolute atomic E-state index is 0.105. The Hall–Kier alpha value is -4.64. The van der Waals surface area contributed by atoms with Gasteiger partial charge in [0.05, 0.1) is 41.3 Å². The molecule has 3 aromatic rings. The number of alkyl halides is 3. The molecule has 1 aliphatic rings. The maximum atomic E-state index is 13.6. The van der Waals surface area contributed by atoms with Crippen LogP contribution >= 0.6 is 15.9 Å². The number of nitrogens with zero attached hydrogens (tertiary/aromatic N) is 4. The average Bonchev–Trinajstić information content (AvgIpc) is 3.04. The molecular formula is C26H19BrF3N5O5. The fourth-order valence-electron chi connectivity index (χ4n) is 4.08. The number of carbonyl (C=O) groups excluding carboxylic acids is 2. The standard InChI is InChI=1S/C26H19BrF3N5O5/c1-25(2)22(36)35(18-6-3-14(11-31)19(10-18)26(28,29)30)23(37)34(25)13-15-9-16(27)4-7-20(15)33-17-5-8-21(32-12-17)40-24(38)39/h3-10,12,33H,13H2,1-2H3,(H,38,39). The van der Waals surface area contributed by atoms with Crippen LogP contribution in [0.4, 0.5) is 39.8 Å². The molecule has 1 saturated heterocycles. The Bertz CT molecular complexity index is 1550. The number of carboxylic acid groups (broad SMARTS) is 1. The highest BCUT2D eigenvalue weighted by atomic mass is 79.9. The van der Waals surface area contributed by atoms with Gasteiger partial charge in [-0.1, -0.05) is 15.9 Å². The lowest BCUT2D eigenvalue weighted by molar-refractivity contribution is -0.137. The highest BCUT2D eigenvalue weighted by molar-refractivity contribution is 9.10. The van der Waals surface area contributed by atoms with E-state index in [2.05, 4.69) is 31.0 Å². The van der Waals surface area contributed by atoms with Crippen molar-refractivity contribution in [1.82, 2.24) is 9.88 Å². The van der Waals surface area contributed by atoms with Crippen LogP contribution in [0.2, 0.25) is 0 Å². The molecule has 0 bridgehead atoms. The first-order valence-corrected chi connectivity index (χ1v) is 12.2. The number of urea groups is 1. The second-order valence-corrected chi connectivity index (χ2v) is 10.0. The zero-order valence-corrected chi connectivity index (χ0v) is 22.4. The fourth-order valence-corrected chi connectivity index (χ4v) is 4.49. The molecule has 14 heteroatoms. The van der Waals surface area contributed by atoms with Crippen molar-refractivity contribution in [2.24, 2.45) is 0 Å². The van der Waals surface area contributed by atoms with E-state index in [1.807, 2.05) is 0 Å². The van der Waals surface area contributed by atoms with Gasteiger partial charge in [-0.3, -0.25) is 4.79 Å². The van der Waals surface area contributed by atoms with Crippen molar-refractivity contribution in [3.63, 3.8) is 0 Å². The van der Waals surface area contributed by atoms with Crippen LogP contribution in [0.5, 0.6) is 5.88 Å². The van der Waals surface area contributed by atoms with E-state index >= 15 is 0 Å². The van der Waals surface area contributed by atoms with E-state index in [1.54, 1.807) is 18.2 Å². The molecule has 40 heavy (non-hydrogen) atoms. The van der Waals surface area contributed by atoms with E-state index in [0.717, 1.165) is 12.1 Å². The second kappa shape index (κ2) is 10.5. The Morgan fingerprint density at radius 1 is 1.18 bits per heavy atom. The largest absolute Gasteiger partial charge is 0.512 e. The van der Waals surface area contributed by atoms with Crippen molar-refractivity contribution >= 4 is 51.1 Å². The highest BCUT2D eigenvalue weighted by Crippen LogP contribution is 2.39. The number of amides is 3. The van der Waals surface area contributed by atoms with Gasteiger partial charge in [-0.25, -0.2) is 19.5 Å². The number of hydrogen-bond acceptors (Lipinski definition) is 7. The smallest absolute Gasteiger partial charge is 0.449 e. The zero-order chi connectivity index (χ0) is 29.4. The number of pyridine rings is 1. The molecule has 2 heterocycles. The maximum Gasteiger partial charge on any atom is 0.512 e. The highest BCUT2D eigenvalue weighted by Gasteiger charge is 2.52. The zero-order valence-electron chi connectivity index (χ0n) is 20.8. The number of rotatable bonds is 6. The summed E-state index contributed by atoms with van der Waals surface area (Å²) in [5, 5.41) is 20.9. The first kappa shape index (κ1) is 28.4. The van der Waals surface area contributed by atoms with Crippen LogP contribution in [-0.4, -0.2) is 38.6 Å². The predicted octanol–water partition coefficient (Wildman–Crippen LogP) is 6.28. The number of nitrogens with one attached hydrogen (secondary N) is 1. The van der Waals surface area contributed by atoms with E-state index in [1.165, 1.54) is 43.1 Å². The Morgan fingerprint density at radius 2 is 1.90 bits per heavy atom. The SMILES string of the molecule is CC1(C)C(=O)N(c2ccc(C#N)c(C(F)(F)F)c2)C(=O)N1Cc1cc(Br)ccc1Nc1ccc(OC(=O)O)nc1. The fraction of sp³-hybridized carbons (Fsp3) is 0.192. The Kier molecular flexibility index (Phi) is 7.44. The summed E-state index contributed by atoms with van der Waals surface area (Å²) in [5.41, 5.74) is -2.09. The van der Waals surface area contributed by atoms with E-state index in [9.17, 15) is 27.6 Å². The first-order valence-electron chi connectivity index (χ1n) is 11.4. The van der Waals surface area contributed by atoms with Crippen molar-refractivity contribution in [2.45, 2.75) is 32.1 Å². The van der Waals surface area contributed by atoms with Gasteiger partial charge in [0.25, 0.3) is 5.91 Å². The minimum atomic E-state index is -4.87. The van der Waals surface area contributed by atoms with Crippen molar-refractivity contribution in [2.75, 3.05) is 10.2 Å². The number of hydrogen-bond donors (Lipinski definition) is 2. The molecule has 0 unspecified atom stereocenters. The van der Waals surface area contributed by atoms with Gasteiger partial charge >= 0.3 is 18.4 Å². The number of halogens is 4. The van der Waals surface area contributed by atoms with E-state index in [4.69, 9.17) is 10.4 Å². The number of carbonyl (C=O) groups is 3. The molecule has 1 aliphatic heterocycles. The molecule has 3 amide bonds. The van der Waals surface area contributed by atoms with E-state index in [-0.39, 0.29) is 18.1 Å². The van der Waals surface area contributed by atoms with Crippen molar-refractivity contribution in [1.29, 1.82) is 5.26 Å². The summed E-state index contributed by atoms with van der Waals surface area (Å²) >= 11 is 3.38. The van der Waals surface area contributed by atoms with Gasteiger partial charge in [0, 0.05) is 16.2 Å². The number of imide groups is 1. The van der Waals surface area contributed by atoms with Gasteiger partial charge in [0.2, 0.25) is 5.88 Å². The normalized spacial score (nSPS) is 14.7. The van der Waals surface area contributed by atoms with Gasteiger partial charge in [0.15, 0.2) is 0 Å². The molecular weight excluding hydrogens is 599 g/mol. The molecule has 0 spiro atoms. The van der Waals surface area contributed by atoms with Gasteiger partial charge in [-0.2, -0.15) is 18.4 Å². The third-order valence-corrected chi connectivity index (χ3v) is 6.61. The molecule has 206 valence electrons. The lowest BCUT2D eigenvalue weighted by atomic mass is 10.0. The molecule has 1 fully saturated rings. The quantitative estimate of drug-likeness (QED) is 0.243. The van der Waals surface area contributed by atoms with Gasteiger partial charge in [0.1, 0.15) is 5.54 Å². The van der Waals surface area contributed by atoms with Crippen LogP contribution in [0, 0.1) is 11.3 Å². The van der Waals surface area contributed by atoms with Crippen molar-refractivity contribution in [3.05, 3.63) is 75.9 Å². The molecule has 0 radical (unpaired) electrons. The third-order valence-electron chi connectivity index (χ3n) is 6.11. The van der Waals surface area contributed by atoms with Crippen LogP contribution in [0.25, 0.3) is 0 Å². The molecule has 2 aromatic carbocycles. The number of benzene rings is 2. The van der Waals surface area contributed by atoms with Crippen LogP contribution < -0.4 is 15.0 Å². The summed E-state index contributed by atoms with van der Waals surface area (Å²) in [4.78, 5) is 43.3. The lowest BCUT2D eigenvalue weighted by Crippen LogP contribution is -2.43. The summed E-state index contributed by atoms with van der Waals surface area (Å²) < 4.78 is 45.8. The monoisotopic (exact) mass is 617 g/mol. The Balaban J connectivity index is 1.66. The summed E-state index contributed by atoms with van der Waals surface area (Å²) in [6.07, 6.45) is -5.05. The molecule has 10 nitrogen and oxygen atoms in total. The Labute approximate surface area is 233 Å². The number of nitriles is 1. The first-order chi connectivity index (χ1) is 18.7. The van der Waals surface area contributed by atoms with Crippen LogP contribution in [0.3, 0.4) is 0 Å². The number of anilines is 3. The topological polar surface area (TPSA) is 136 Å². The van der Waals surface area contributed by atoms with Gasteiger partial charge in [-0.05, 0) is 61.9 Å². The lowest BCUT2D eigenvalue weighted by Gasteiger charge is -2.28. The number of aromatic nitrogens is 1. The molecule has 4 rings (SSSR count). The van der Waals surface area contributed by atoms with E-state index < -0.39 is 40.9 Å². The summed E-state index contributed by atoms with van der Waals surface area (Å²) in [6, 6.07) is 11.3. The van der Waals surface area contributed by atoms with Crippen LogP contribution in [0.1, 0.15) is 30.5 Å². The summed E-state index contributed by atoms with van der Waals surface area (Å²) in [6.45, 7) is 2.86. The predicted molar refractivity (Wildman–Crippen MR) is 139 cm³/mol.